The van der Waals surface area contributed by atoms with E-state index in [0.717, 1.165) is 30.3 Å². The molecular formula is C12H14BrNO. The summed E-state index contributed by atoms with van der Waals surface area (Å²) in [6.45, 7) is 0.843. The van der Waals surface area contributed by atoms with Crippen LogP contribution < -0.4 is 5.32 Å². The van der Waals surface area contributed by atoms with Crippen LogP contribution in [0.4, 0.5) is 0 Å². The maximum absolute atomic E-state index is 11.5. The summed E-state index contributed by atoms with van der Waals surface area (Å²) in [5.41, 5.74) is 1.24. The highest BCUT2D eigenvalue weighted by Gasteiger charge is 2.21. The molecule has 0 radical (unpaired) electrons. The van der Waals surface area contributed by atoms with Crippen molar-refractivity contribution in [2.75, 3.05) is 6.54 Å². The Morgan fingerprint density at radius 1 is 1.33 bits per heavy atom. The van der Waals surface area contributed by atoms with Gasteiger partial charge >= 0.3 is 0 Å². The average Bonchev–Trinajstić information content (AvgIpc) is 2.25. The number of nitrogens with one attached hydrogen (secondary N) is 1. The van der Waals surface area contributed by atoms with Gasteiger partial charge in [-0.25, -0.2) is 0 Å². The summed E-state index contributed by atoms with van der Waals surface area (Å²) in [5.74, 6) is 0.379. The summed E-state index contributed by atoms with van der Waals surface area (Å²) in [5, 5.41) is 2.92. The number of hydrogen-bond acceptors (Lipinski definition) is 1. The predicted molar refractivity (Wildman–Crippen MR) is 63.6 cm³/mol. The number of amides is 1. The van der Waals surface area contributed by atoms with Crippen molar-refractivity contribution >= 4 is 21.8 Å². The molecule has 0 aromatic heterocycles. The molecular weight excluding hydrogens is 254 g/mol. The number of piperidine rings is 1. The number of hydrogen-bond donors (Lipinski definition) is 1. The minimum atomic E-state index is 0.167. The van der Waals surface area contributed by atoms with Gasteiger partial charge in [-0.05, 0) is 37.0 Å². The predicted octanol–water partition coefficient (Wildman–Crippen LogP) is 2.52. The van der Waals surface area contributed by atoms with Gasteiger partial charge in [0.25, 0.3) is 0 Å². The van der Waals surface area contributed by atoms with Crippen LogP contribution in [0.2, 0.25) is 0 Å². The molecule has 80 valence electrons. The smallest absolute Gasteiger partial charge is 0.223 e. The van der Waals surface area contributed by atoms with Crippen molar-refractivity contribution in [1.29, 1.82) is 0 Å². The summed E-state index contributed by atoms with van der Waals surface area (Å²) < 4.78 is 1.08. The van der Waals surface area contributed by atoms with Gasteiger partial charge < -0.3 is 5.32 Å². The topological polar surface area (TPSA) is 29.1 Å². The maximum atomic E-state index is 11.5. The average molecular weight is 268 g/mol. The van der Waals surface area contributed by atoms with E-state index in [9.17, 15) is 4.79 Å². The highest BCUT2D eigenvalue weighted by atomic mass is 79.9. The van der Waals surface area contributed by atoms with Crippen LogP contribution in [-0.2, 0) is 11.2 Å². The Labute approximate surface area is 98.2 Å². The largest absolute Gasteiger partial charge is 0.356 e. The van der Waals surface area contributed by atoms with Gasteiger partial charge in [-0.3, -0.25) is 4.79 Å². The second-order valence-corrected chi connectivity index (χ2v) is 4.88. The van der Waals surface area contributed by atoms with Gasteiger partial charge in [0.05, 0.1) is 0 Å². The first-order valence-electron chi connectivity index (χ1n) is 5.28. The van der Waals surface area contributed by atoms with Crippen molar-refractivity contribution in [1.82, 2.24) is 5.32 Å². The van der Waals surface area contributed by atoms with Crippen LogP contribution in [0.3, 0.4) is 0 Å². The van der Waals surface area contributed by atoms with Gasteiger partial charge in [0.2, 0.25) is 5.91 Å². The molecule has 0 bridgehead atoms. The number of benzene rings is 1. The molecule has 0 spiro atoms. The van der Waals surface area contributed by atoms with E-state index in [1.54, 1.807) is 0 Å². The van der Waals surface area contributed by atoms with Gasteiger partial charge in [0, 0.05) is 16.9 Å². The summed E-state index contributed by atoms with van der Waals surface area (Å²) >= 11 is 3.40. The van der Waals surface area contributed by atoms with Crippen LogP contribution in [0.1, 0.15) is 18.4 Å². The lowest BCUT2D eigenvalue weighted by atomic mass is 9.92. The number of carbonyl (C=O) groups excluding carboxylic acids is 1. The monoisotopic (exact) mass is 267 g/mol. The third-order valence-electron chi connectivity index (χ3n) is 2.79. The summed E-state index contributed by atoms with van der Waals surface area (Å²) in [7, 11) is 0. The van der Waals surface area contributed by atoms with Crippen LogP contribution in [0.5, 0.6) is 0 Å². The van der Waals surface area contributed by atoms with Crippen molar-refractivity contribution < 1.29 is 4.79 Å². The van der Waals surface area contributed by atoms with Crippen molar-refractivity contribution in [3.8, 4) is 0 Å². The van der Waals surface area contributed by atoms with Gasteiger partial charge in [-0.15, -0.1) is 0 Å². The first-order chi connectivity index (χ1) is 7.25. The minimum Gasteiger partial charge on any atom is -0.356 e. The molecule has 1 heterocycles. The van der Waals surface area contributed by atoms with E-state index in [2.05, 4.69) is 33.4 Å². The lowest BCUT2D eigenvalue weighted by molar-refractivity contribution is -0.126. The Morgan fingerprint density at radius 2 is 2.07 bits per heavy atom. The van der Waals surface area contributed by atoms with E-state index < -0.39 is 0 Å². The van der Waals surface area contributed by atoms with Crippen molar-refractivity contribution in [2.45, 2.75) is 19.3 Å². The highest BCUT2D eigenvalue weighted by Crippen LogP contribution is 2.19. The van der Waals surface area contributed by atoms with E-state index in [0.29, 0.717) is 0 Å². The normalized spacial score (nSPS) is 21.1. The molecule has 1 amide bonds. The first kappa shape index (κ1) is 10.7. The van der Waals surface area contributed by atoms with Crippen LogP contribution >= 0.6 is 15.9 Å². The molecule has 0 saturated carbocycles. The Hall–Kier alpha value is -0.830. The van der Waals surface area contributed by atoms with E-state index in [1.165, 1.54) is 5.56 Å². The van der Waals surface area contributed by atoms with E-state index in [4.69, 9.17) is 0 Å². The molecule has 0 aliphatic carbocycles. The van der Waals surface area contributed by atoms with E-state index >= 15 is 0 Å². The summed E-state index contributed by atoms with van der Waals surface area (Å²) in [6, 6.07) is 8.20. The van der Waals surface area contributed by atoms with Crippen LogP contribution in [0.15, 0.2) is 28.7 Å². The second-order valence-electron chi connectivity index (χ2n) is 3.96. The zero-order chi connectivity index (χ0) is 10.7. The molecule has 1 saturated heterocycles. The lowest BCUT2D eigenvalue weighted by Gasteiger charge is -2.21. The molecule has 1 N–H and O–H groups in total. The number of carbonyl (C=O) groups is 1. The molecule has 15 heavy (non-hydrogen) atoms. The Bertz CT molecular complexity index is 347. The molecule has 0 unspecified atom stereocenters. The number of rotatable bonds is 2. The summed E-state index contributed by atoms with van der Waals surface area (Å²) in [4.78, 5) is 11.5. The van der Waals surface area contributed by atoms with Crippen LogP contribution in [0, 0.1) is 5.92 Å². The molecule has 1 aliphatic heterocycles. The zero-order valence-electron chi connectivity index (χ0n) is 8.50. The molecule has 1 aromatic carbocycles. The number of halogens is 1. The molecule has 2 rings (SSSR count). The molecule has 3 heteroatoms. The summed E-state index contributed by atoms with van der Waals surface area (Å²) in [6.07, 6.45) is 2.98. The minimum absolute atomic E-state index is 0.167. The zero-order valence-corrected chi connectivity index (χ0v) is 10.1. The molecule has 1 aliphatic rings. The third kappa shape index (κ3) is 2.81. The van der Waals surface area contributed by atoms with Gasteiger partial charge in [-0.2, -0.15) is 0 Å². The fourth-order valence-corrected chi connectivity index (χ4v) is 2.20. The molecule has 1 aromatic rings. The maximum Gasteiger partial charge on any atom is 0.223 e. The van der Waals surface area contributed by atoms with Crippen LogP contribution in [-0.4, -0.2) is 12.5 Å². The first-order valence-corrected chi connectivity index (χ1v) is 6.07. The standard InChI is InChI=1S/C12H14BrNO/c13-11-5-3-9(4-6-11)8-10-2-1-7-14-12(10)15/h3-6,10H,1-2,7-8H2,(H,14,15)/t10-/m1/s1. The Balaban J connectivity index is 2.01. The van der Waals surface area contributed by atoms with Gasteiger partial charge in [0.15, 0.2) is 0 Å². The van der Waals surface area contributed by atoms with Crippen LogP contribution in [0.25, 0.3) is 0 Å². The van der Waals surface area contributed by atoms with Crippen molar-refractivity contribution in [3.05, 3.63) is 34.3 Å². The lowest BCUT2D eigenvalue weighted by Crippen LogP contribution is -2.37. The highest BCUT2D eigenvalue weighted by molar-refractivity contribution is 9.10. The molecule has 2 nitrogen and oxygen atoms in total. The van der Waals surface area contributed by atoms with E-state index in [1.807, 2.05) is 12.1 Å². The quantitative estimate of drug-likeness (QED) is 0.877. The van der Waals surface area contributed by atoms with Gasteiger partial charge in [-0.1, -0.05) is 28.1 Å². The third-order valence-corrected chi connectivity index (χ3v) is 3.32. The van der Waals surface area contributed by atoms with Crippen molar-refractivity contribution in [3.63, 3.8) is 0 Å². The SMILES string of the molecule is O=C1NCCC[C@@H]1Cc1ccc(Br)cc1. The van der Waals surface area contributed by atoms with E-state index in [-0.39, 0.29) is 11.8 Å². The Kier molecular flexibility index (Phi) is 3.41. The Morgan fingerprint density at radius 3 is 2.73 bits per heavy atom. The van der Waals surface area contributed by atoms with Gasteiger partial charge in [0.1, 0.15) is 0 Å². The molecule has 1 atom stereocenters. The molecule has 1 fully saturated rings. The fourth-order valence-electron chi connectivity index (χ4n) is 1.94. The fraction of sp³-hybridized carbons (Fsp3) is 0.417. The van der Waals surface area contributed by atoms with Crippen molar-refractivity contribution in [2.24, 2.45) is 5.92 Å². The second kappa shape index (κ2) is 4.79.